The molecule has 0 spiro atoms. The van der Waals surface area contributed by atoms with Crippen molar-refractivity contribution in [3.05, 3.63) is 52.3 Å². The van der Waals surface area contributed by atoms with Gasteiger partial charge in [0.25, 0.3) is 0 Å². The molecule has 0 atom stereocenters. The predicted molar refractivity (Wildman–Crippen MR) is 68.7 cm³/mol. The summed E-state index contributed by atoms with van der Waals surface area (Å²) >= 11 is 12.0. The lowest BCUT2D eigenvalue weighted by Crippen LogP contribution is -1.97. The van der Waals surface area contributed by atoms with Crippen molar-refractivity contribution in [3.63, 3.8) is 0 Å². The van der Waals surface area contributed by atoms with E-state index in [1.807, 2.05) is 6.07 Å². The van der Waals surface area contributed by atoms with E-state index in [0.29, 0.717) is 28.1 Å². The maximum Gasteiger partial charge on any atom is 0.149 e. The highest BCUT2D eigenvalue weighted by Crippen LogP contribution is 2.30. The number of nitrogens with two attached hydrogens (primary N) is 1. The van der Waals surface area contributed by atoms with Crippen molar-refractivity contribution in [2.45, 2.75) is 6.54 Å². The van der Waals surface area contributed by atoms with Gasteiger partial charge in [-0.2, -0.15) is 0 Å². The average Bonchev–Trinajstić information content (AvgIpc) is 2.32. The summed E-state index contributed by atoms with van der Waals surface area (Å²) < 4.78 is 5.59. The Labute approximate surface area is 109 Å². The van der Waals surface area contributed by atoms with Crippen LogP contribution in [0.4, 0.5) is 0 Å². The minimum absolute atomic E-state index is 0.398. The fraction of sp³-hybridized carbons (Fsp3) is 0.0833. The first-order valence-electron chi connectivity index (χ1n) is 4.96. The Morgan fingerprint density at radius 2 is 2.00 bits per heavy atom. The summed E-state index contributed by atoms with van der Waals surface area (Å²) in [4.78, 5) is 3.88. The molecule has 0 radical (unpaired) electrons. The van der Waals surface area contributed by atoms with E-state index in [9.17, 15) is 0 Å². The first kappa shape index (κ1) is 12.2. The Hall–Kier alpha value is -1.29. The van der Waals surface area contributed by atoms with Crippen molar-refractivity contribution in [1.82, 2.24) is 4.98 Å². The van der Waals surface area contributed by atoms with Gasteiger partial charge >= 0.3 is 0 Å². The fourth-order valence-corrected chi connectivity index (χ4v) is 1.73. The van der Waals surface area contributed by atoms with Crippen LogP contribution in [0.5, 0.6) is 11.5 Å². The van der Waals surface area contributed by atoms with Crippen LogP contribution in [0.15, 0.2) is 36.7 Å². The van der Waals surface area contributed by atoms with E-state index in [1.165, 1.54) is 6.20 Å². The molecule has 5 heteroatoms. The van der Waals surface area contributed by atoms with Crippen molar-refractivity contribution < 1.29 is 4.74 Å². The molecule has 3 nitrogen and oxygen atoms in total. The summed E-state index contributed by atoms with van der Waals surface area (Å²) in [5.41, 5.74) is 6.40. The van der Waals surface area contributed by atoms with Crippen LogP contribution in [0.2, 0.25) is 10.0 Å². The molecule has 17 heavy (non-hydrogen) atoms. The van der Waals surface area contributed by atoms with Gasteiger partial charge in [-0.3, -0.25) is 4.98 Å². The van der Waals surface area contributed by atoms with Crippen molar-refractivity contribution in [2.75, 3.05) is 0 Å². The van der Waals surface area contributed by atoms with Crippen LogP contribution in [-0.4, -0.2) is 4.98 Å². The first-order valence-corrected chi connectivity index (χ1v) is 5.72. The minimum atomic E-state index is 0.398. The standard InChI is InChI=1S/C12H10Cl2N2O/c13-10-5-9(2-1-8(10)6-15)17-12-3-4-16-7-11(12)14/h1-5,7H,6,15H2. The van der Waals surface area contributed by atoms with E-state index >= 15 is 0 Å². The number of hydrogen-bond donors (Lipinski definition) is 1. The van der Waals surface area contributed by atoms with Crippen molar-refractivity contribution in [1.29, 1.82) is 0 Å². The van der Waals surface area contributed by atoms with Crippen molar-refractivity contribution >= 4 is 23.2 Å². The van der Waals surface area contributed by atoms with Gasteiger partial charge < -0.3 is 10.5 Å². The molecule has 0 bridgehead atoms. The third-order valence-electron chi connectivity index (χ3n) is 2.21. The highest BCUT2D eigenvalue weighted by molar-refractivity contribution is 6.32. The van der Waals surface area contributed by atoms with Gasteiger partial charge in [-0.1, -0.05) is 29.3 Å². The monoisotopic (exact) mass is 268 g/mol. The van der Waals surface area contributed by atoms with Crippen LogP contribution >= 0.6 is 23.2 Å². The molecule has 0 amide bonds. The van der Waals surface area contributed by atoms with E-state index in [0.717, 1.165) is 5.56 Å². The lowest BCUT2D eigenvalue weighted by Gasteiger charge is -2.08. The molecule has 0 aliphatic carbocycles. The maximum atomic E-state index is 6.03. The quantitative estimate of drug-likeness (QED) is 0.925. The molecule has 2 aromatic rings. The molecule has 1 aromatic heterocycles. The largest absolute Gasteiger partial charge is 0.456 e. The molecule has 1 heterocycles. The van der Waals surface area contributed by atoms with Crippen LogP contribution in [-0.2, 0) is 6.54 Å². The number of benzene rings is 1. The van der Waals surface area contributed by atoms with Gasteiger partial charge in [0.15, 0.2) is 0 Å². The van der Waals surface area contributed by atoms with E-state index in [4.69, 9.17) is 33.7 Å². The molecule has 1 aromatic carbocycles. The molecule has 0 saturated carbocycles. The van der Waals surface area contributed by atoms with Gasteiger partial charge in [0.05, 0.1) is 0 Å². The molecule has 0 fully saturated rings. The number of rotatable bonds is 3. The van der Waals surface area contributed by atoms with Crippen LogP contribution in [0.3, 0.4) is 0 Å². The number of pyridine rings is 1. The summed E-state index contributed by atoms with van der Waals surface area (Å²) in [6.45, 7) is 0.398. The summed E-state index contributed by atoms with van der Waals surface area (Å²) in [7, 11) is 0. The van der Waals surface area contributed by atoms with E-state index < -0.39 is 0 Å². The Morgan fingerprint density at radius 3 is 2.65 bits per heavy atom. The smallest absolute Gasteiger partial charge is 0.149 e. The molecular weight excluding hydrogens is 259 g/mol. The molecule has 0 aliphatic heterocycles. The Kier molecular flexibility index (Phi) is 3.84. The number of aromatic nitrogens is 1. The Morgan fingerprint density at radius 1 is 1.18 bits per heavy atom. The van der Waals surface area contributed by atoms with Crippen LogP contribution in [0.1, 0.15) is 5.56 Å². The number of nitrogens with zero attached hydrogens (tertiary/aromatic N) is 1. The van der Waals surface area contributed by atoms with Crippen LogP contribution in [0, 0.1) is 0 Å². The van der Waals surface area contributed by atoms with E-state index in [-0.39, 0.29) is 0 Å². The second-order valence-electron chi connectivity index (χ2n) is 3.37. The molecule has 2 rings (SSSR count). The highest BCUT2D eigenvalue weighted by Gasteiger charge is 2.05. The average molecular weight is 269 g/mol. The zero-order chi connectivity index (χ0) is 12.3. The van der Waals surface area contributed by atoms with Crippen molar-refractivity contribution in [3.8, 4) is 11.5 Å². The van der Waals surface area contributed by atoms with Gasteiger partial charge in [0.1, 0.15) is 16.5 Å². The van der Waals surface area contributed by atoms with Gasteiger partial charge in [-0.15, -0.1) is 0 Å². The maximum absolute atomic E-state index is 6.03. The Balaban J connectivity index is 2.25. The number of ether oxygens (including phenoxy) is 1. The van der Waals surface area contributed by atoms with Gasteiger partial charge in [0, 0.05) is 30.0 Å². The predicted octanol–water partition coefficient (Wildman–Crippen LogP) is 3.64. The second-order valence-corrected chi connectivity index (χ2v) is 4.18. The molecular formula is C12H10Cl2N2O. The summed E-state index contributed by atoms with van der Waals surface area (Å²) in [5, 5.41) is 1.03. The van der Waals surface area contributed by atoms with Gasteiger partial charge in [-0.25, -0.2) is 0 Å². The van der Waals surface area contributed by atoms with E-state index in [1.54, 1.807) is 24.4 Å². The minimum Gasteiger partial charge on any atom is -0.456 e. The molecule has 88 valence electrons. The number of hydrogen-bond acceptors (Lipinski definition) is 3. The summed E-state index contributed by atoms with van der Waals surface area (Å²) in [6.07, 6.45) is 3.13. The molecule has 0 unspecified atom stereocenters. The Bertz CT molecular complexity index is 532. The lowest BCUT2D eigenvalue weighted by atomic mass is 10.2. The summed E-state index contributed by atoms with van der Waals surface area (Å²) in [6, 6.07) is 7.02. The lowest BCUT2D eigenvalue weighted by molar-refractivity contribution is 0.482. The van der Waals surface area contributed by atoms with Gasteiger partial charge in [-0.05, 0) is 17.7 Å². The molecule has 0 saturated heterocycles. The van der Waals surface area contributed by atoms with Crippen LogP contribution < -0.4 is 10.5 Å². The van der Waals surface area contributed by atoms with E-state index in [2.05, 4.69) is 4.98 Å². The number of halogens is 2. The van der Waals surface area contributed by atoms with Gasteiger partial charge in [0.2, 0.25) is 0 Å². The zero-order valence-corrected chi connectivity index (χ0v) is 10.4. The normalized spacial score (nSPS) is 10.3. The highest BCUT2D eigenvalue weighted by atomic mass is 35.5. The second kappa shape index (κ2) is 5.36. The SMILES string of the molecule is NCc1ccc(Oc2ccncc2Cl)cc1Cl. The van der Waals surface area contributed by atoms with Crippen LogP contribution in [0.25, 0.3) is 0 Å². The first-order chi connectivity index (χ1) is 8.20. The molecule has 2 N–H and O–H groups in total. The van der Waals surface area contributed by atoms with Crippen molar-refractivity contribution in [2.24, 2.45) is 5.73 Å². The third-order valence-corrected chi connectivity index (χ3v) is 2.84. The summed E-state index contributed by atoms with van der Waals surface area (Å²) in [5.74, 6) is 1.15. The topological polar surface area (TPSA) is 48.1 Å². The zero-order valence-electron chi connectivity index (χ0n) is 8.86. The third kappa shape index (κ3) is 2.88. The molecule has 0 aliphatic rings. The fourth-order valence-electron chi connectivity index (χ4n) is 1.33.